The first kappa shape index (κ1) is 15.2. The molecule has 18 heavy (non-hydrogen) atoms. The average molecular weight is 254 g/mol. The molecule has 1 saturated carbocycles. The second-order valence-corrected chi connectivity index (χ2v) is 5.01. The number of unbranched alkanes of at least 4 members (excludes halogenated alkanes) is 5. The van der Waals surface area contributed by atoms with Crippen molar-refractivity contribution in [1.82, 2.24) is 0 Å². The maximum Gasteiger partial charge on any atom is 0.309 e. The number of hydrogen-bond acceptors (Lipinski definition) is 3. The van der Waals surface area contributed by atoms with Crippen molar-refractivity contribution in [2.45, 2.75) is 44.9 Å². The van der Waals surface area contributed by atoms with Gasteiger partial charge in [-0.15, -0.1) is 0 Å². The molecule has 1 rings (SSSR count). The topological polar surface area (TPSA) is 35.5 Å². The number of carbonyl (C=O) groups is 1. The van der Waals surface area contributed by atoms with Crippen LogP contribution in [0.2, 0.25) is 0 Å². The molecule has 0 aromatic carbocycles. The molecular formula is C15H26O3. The summed E-state index contributed by atoms with van der Waals surface area (Å²) in [6.45, 7) is 0.885. The Morgan fingerprint density at radius 2 is 1.89 bits per heavy atom. The molecule has 0 bridgehead atoms. The molecule has 1 fully saturated rings. The minimum absolute atomic E-state index is 0.0530. The van der Waals surface area contributed by atoms with Gasteiger partial charge in [0.25, 0.3) is 0 Å². The van der Waals surface area contributed by atoms with Crippen LogP contribution in [0.5, 0.6) is 0 Å². The van der Waals surface area contributed by atoms with Crippen LogP contribution >= 0.6 is 0 Å². The Hall–Kier alpha value is -0.830. The fourth-order valence-corrected chi connectivity index (χ4v) is 2.16. The molecule has 3 nitrogen and oxygen atoms in total. The number of allylic oxidation sites excluding steroid dienone is 2. The van der Waals surface area contributed by atoms with Gasteiger partial charge in [-0.3, -0.25) is 4.79 Å². The highest BCUT2D eigenvalue weighted by Gasteiger charge is 2.41. The third kappa shape index (κ3) is 6.20. The minimum Gasteiger partial charge on any atom is -0.469 e. The zero-order valence-electron chi connectivity index (χ0n) is 11.7. The minimum atomic E-state index is -0.0530. The normalized spacial score (nSPS) is 22.3. The first-order valence-corrected chi connectivity index (χ1v) is 7.03. The van der Waals surface area contributed by atoms with E-state index in [0.29, 0.717) is 5.92 Å². The lowest BCUT2D eigenvalue weighted by molar-refractivity contribution is -0.142. The molecule has 3 heteroatoms. The molecule has 1 aliphatic rings. The molecule has 1 aliphatic carbocycles. The Balaban J connectivity index is 1.88. The lowest BCUT2D eigenvalue weighted by Gasteiger charge is -1.99. The Labute approximate surface area is 111 Å². The van der Waals surface area contributed by atoms with Crippen molar-refractivity contribution in [3.63, 3.8) is 0 Å². The van der Waals surface area contributed by atoms with E-state index in [-0.39, 0.29) is 11.9 Å². The summed E-state index contributed by atoms with van der Waals surface area (Å²) in [5, 5.41) is 0. The van der Waals surface area contributed by atoms with Crippen molar-refractivity contribution in [1.29, 1.82) is 0 Å². The van der Waals surface area contributed by atoms with E-state index in [0.717, 1.165) is 19.4 Å². The van der Waals surface area contributed by atoms with Gasteiger partial charge in [0.1, 0.15) is 0 Å². The zero-order valence-corrected chi connectivity index (χ0v) is 11.7. The van der Waals surface area contributed by atoms with Gasteiger partial charge in [0.15, 0.2) is 0 Å². The van der Waals surface area contributed by atoms with E-state index in [9.17, 15) is 4.79 Å². The van der Waals surface area contributed by atoms with Gasteiger partial charge < -0.3 is 9.47 Å². The summed E-state index contributed by atoms with van der Waals surface area (Å²) in [6.07, 6.45) is 12.8. The number of ether oxygens (including phenoxy) is 2. The van der Waals surface area contributed by atoms with Gasteiger partial charge in [-0.25, -0.2) is 0 Å². The largest absolute Gasteiger partial charge is 0.469 e. The maximum atomic E-state index is 11.2. The summed E-state index contributed by atoms with van der Waals surface area (Å²) in [5.74, 6) is 0.530. The van der Waals surface area contributed by atoms with Crippen molar-refractivity contribution in [2.75, 3.05) is 20.8 Å². The summed E-state index contributed by atoms with van der Waals surface area (Å²) in [4.78, 5) is 11.2. The maximum absolute atomic E-state index is 11.2. The van der Waals surface area contributed by atoms with Gasteiger partial charge in [-0.05, 0) is 31.6 Å². The average Bonchev–Trinajstić information content (AvgIpc) is 3.15. The summed E-state index contributed by atoms with van der Waals surface area (Å²) in [5.41, 5.74) is 0. The Kier molecular flexibility index (Phi) is 7.74. The molecule has 0 aliphatic heterocycles. The molecule has 0 aromatic heterocycles. The summed E-state index contributed by atoms with van der Waals surface area (Å²) in [7, 11) is 3.22. The van der Waals surface area contributed by atoms with E-state index in [4.69, 9.17) is 9.47 Å². The predicted octanol–water partition coefficient (Wildman–Crippen LogP) is 3.34. The highest BCUT2D eigenvalue weighted by molar-refractivity contribution is 5.76. The van der Waals surface area contributed by atoms with Gasteiger partial charge in [-0.1, -0.05) is 31.4 Å². The van der Waals surface area contributed by atoms with Crippen LogP contribution in [-0.2, 0) is 14.3 Å². The molecule has 0 radical (unpaired) electrons. The highest BCUT2D eigenvalue weighted by Crippen LogP contribution is 2.40. The quantitative estimate of drug-likeness (QED) is 0.341. The number of carbonyl (C=O) groups excluding carboxylic acids is 1. The number of esters is 1. The van der Waals surface area contributed by atoms with Gasteiger partial charge in [-0.2, -0.15) is 0 Å². The molecule has 2 atom stereocenters. The standard InChI is InChI=1S/C15H26O3/c1-17-11-9-7-5-3-4-6-8-10-13-12-14(13)15(16)18-2/h8,10,13-14H,3-7,9,11-12H2,1-2H3/b10-8-/t13-,14+/m1/s1. The lowest BCUT2D eigenvalue weighted by atomic mass is 10.1. The molecular weight excluding hydrogens is 228 g/mol. The van der Waals surface area contributed by atoms with Gasteiger partial charge >= 0.3 is 5.97 Å². The zero-order chi connectivity index (χ0) is 13.2. The highest BCUT2D eigenvalue weighted by atomic mass is 16.5. The van der Waals surface area contributed by atoms with Crippen LogP contribution in [-0.4, -0.2) is 26.8 Å². The van der Waals surface area contributed by atoms with Crippen molar-refractivity contribution in [3.05, 3.63) is 12.2 Å². The smallest absolute Gasteiger partial charge is 0.309 e. The summed E-state index contributed by atoms with van der Waals surface area (Å²) in [6, 6.07) is 0. The van der Waals surface area contributed by atoms with Crippen molar-refractivity contribution in [2.24, 2.45) is 11.8 Å². The molecule has 104 valence electrons. The van der Waals surface area contributed by atoms with Crippen molar-refractivity contribution in [3.8, 4) is 0 Å². The fourth-order valence-electron chi connectivity index (χ4n) is 2.16. The molecule has 0 unspecified atom stereocenters. The molecule has 0 N–H and O–H groups in total. The van der Waals surface area contributed by atoms with Gasteiger partial charge in [0.2, 0.25) is 0 Å². The second kappa shape index (κ2) is 9.15. The number of rotatable bonds is 10. The van der Waals surface area contributed by atoms with E-state index in [1.165, 1.54) is 39.2 Å². The van der Waals surface area contributed by atoms with E-state index in [1.807, 2.05) is 0 Å². The van der Waals surface area contributed by atoms with E-state index < -0.39 is 0 Å². The van der Waals surface area contributed by atoms with Crippen LogP contribution in [0.3, 0.4) is 0 Å². The van der Waals surface area contributed by atoms with Crippen LogP contribution in [0.25, 0.3) is 0 Å². The number of hydrogen-bond donors (Lipinski definition) is 0. The monoisotopic (exact) mass is 254 g/mol. The van der Waals surface area contributed by atoms with Crippen LogP contribution < -0.4 is 0 Å². The summed E-state index contributed by atoms with van der Waals surface area (Å²) >= 11 is 0. The van der Waals surface area contributed by atoms with Crippen LogP contribution in [0.4, 0.5) is 0 Å². The molecule has 0 aromatic rings. The molecule has 0 amide bonds. The number of methoxy groups -OCH3 is 2. The third-order valence-corrected chi connectivity index (χ3v) is 3.45. The van der Waals surface area contributed by atoms with Gasteiger partial charge in [0.05, 0.1) is 13.0 Å². The first-order chi connectivity index (χ1) is 8.79. The van der Waals surface area contributed by atoms with Crippen molar-refractivity contribution >= 4 is 5.97 Å². The van der Waals surface area contributed by atoms with E-state index in [1.54, 1.807) is 7.11 Å². The Morgan fingerprint density at radius 3 is 2.61 bits per heavy atom. The molecule has 0 saturated heterocycles. The Morgan fingerprint density at radius 1 is 1.17 bits per heavy atom. The van der Waals surface area contributed by atoms with Crippen LogP contribution in [0.1, 0.15) is 44.9 Å². The van der Waals surface area contributed by atoms with Crippen LogP contribution in [0, 0.1) is 11.8 Å². The molecule has 0 heterocycles. The predicted molar refractivity (Wildman–Crippen MR) is 72.3 cm³/mol. The lowest BCUT2D eigenvalue weighted by Crippen LogP contribution is -2.03. The van der Waals surface area contributed by atoms with Crippen molar-refractivity contribution < 1.29 is 14.3 Å². The SMILES string of the molecule is COCCCCCCC/C=C\[C@@H]1C[C@@H]1C(=O)OC. The van der Waals surface area contributed by atoms with Crippen LogP contribution in [0.15, 0.2) is 12.2 Å². The van der Waals surface area contributed by atoms with Gasteiger partial charge in [0, 0.05) is 13.7 Å². The third-order valence-electron chi connectivity index (χ3n) is 3.45. The summed E-state index contributed by atoms with van der Waals surface area (Å²) < 4.78 is 9.72. The fraction of sp³-hybridized carbons (Fsp3) is 0.800. The van der Waals surface area contributed by atoms with E-state index >= 15 is 0 Å². The first-order valence-electron chi connectivity index (χ1n) is 7.03. The molecule has 0 spiro atoms. The Bertz CT molecular complexity index is 260. The second-order valence-electron chi connectivity index (χ2n) is 5.01. The van der Waals surface area contributed by atoms with E-state index in [2.05, 4.69) is 12.2 Å².